The molecule has 0 aliphatic carbocycles. The van der Waals surface area contributed by atoms with Crippen molar-refractivity contribution in [1.29, 1.82) is 0 Å². The van der Waals surface area contributed by atoms with Gasteiger partial charge in [0, 0.05) is 35.6 Å². The average molecular weight is 367 g/mol. The van der Waals surface area contributed by atoms with E-state index in [-0.39, 0.29) is 0 Å². The minimum absolute atomic E-state index is 0.865. The fraction of sp³-hybridized carbons (Fsp3) is 0.154. The first-order chi connectivity index (χ1) is 13.7. The van der Waals surface area contributed by atoms with Gasteiger partial charge >= 0.3 is 0 Å². The lowest BCUT2D eigenvalue weighted by Crippen LogP contribution is -2.22. The van der Waals surface area contributed by atoms with Gasteiger partial charge in [0.15, 0.2) is 0 Å². The first kappa shape index (κ1) is 18.1. The smallest absolute Gasteiger partial charge is 0.137 e. The van der Waals surface area contributed by atoms with Crippen molar-refractivity contribution in [3.05, 3.63) is 94.4 Å². The molecule has 0 N–H and O–H groups in total. The average Bonchev–Trinajstić information content (AvgIpc) is 2.72. The molecule has 0 unspecified atom stereocenters. The second kappa shape index (κ2) is 7.77. The fourth-order valence-corrected chi connectivity index (χ4v) is 3.66. The van der Waals surface area contributed by atoms with E-state index in [0.717, 1.165) is 40.6 Å². The lowest BCUT2D eigenvalue weighted by molar-refractivity contribution is 0.472. The molecule has 0 saturated heterocycles. The van der Waals surface area contributed by atoms with Crippen LogP contribution in [0, 0.1) is 0 Å². The van der Waals surface area contributed by atoms with Gasteiger partial charge in [-0.15, -0.1) is 0 Å². The van der Waals surface area contributed by atoms with E-state index in [0.29, 0.717) is 0 Å². The van der Waals surface area contributed by atoms with E-state index in [2.05, 4.69) is 86.0 Å². The molecule has 0 saturated carbocycles. The summed E-state index contributed by atoms with van der Waals surface area (Å²) in [5.74, 6) is 1.76. The largest absolute Gasteiger partial charge is 0.456 e. The molecule has 1 aliphatic heterocycles. The molecule has 1 heterocycles. The molecule has 0 radical (unpaired) electrons. The Morgan fingerprint density at radius 3 is 2.39 bits per heavy atom. The van der Waals surface area contributed by atoms with E-state index in [9.17, 15) is 0 Å². The van der Waals surface area contributed by atoms with Crippen molar-refractivity contribution < 1.29 is 4.74 Å². The van der Waals surface area contributed by atoms with Crippen LogP contribution in [0.5, 0.6) is 11.5 Å². The minimum atomic E-state index is 0.865. The van der Waals surface area contributed by atoms with Gasteiger partial charge in [-0.25, -0.2) is 0 Å². The SMILES string of the molecule is C=c1ccc2c(c1)Oc1cc(N(CC)CC)ccc1C=2/C=C/c1ccccc1. The number of nitrogens with zero attached hydrogens (tertiary/aromatic N) is 1. The summed E-state index contributed by atoms with van der Waals surface area (Å²) in [4.78, 5) is 2.33. The summed E-state index contributed by atoms with van der Waals surface area (Å²) in [6.07, 6.45) is 4.35. The third kappa shape index (κ3) is 3.46. The number of rotatable bonds is 5. The van der Waals surface area contributed by atoms with Crippen LogP contribution in [0.1, 0.15) is 25.0 Å². The molecule has 140 valence electrons. The van der Waals surface area contributed by atoms with Gasteiger partial charge in [0.25, 0.3) is 0 Å². The number of ether oxygens (including phenoxy) is 1. The van der Waals surface area contributed by atoms with E-state index < -0.39 is 0 Å². The Kier molecular flexibility index (Phi) is 5.03. The van der Waals surface area contributed by atoms with Crippen molar-refractivity contribution in [2.75, 3.05) is 18.0 Å². The first-order valence-corrected chi connectivity index (χ1v) is 9.83. The molecular weight excluding hydrogens is 342 g/mol. The predicted molar refractivity (Wildman–Crippen MR) is 119 cm³/mol. The van der Waals surface area contributed by atoms with Gasteiger partial charge in [0.2, 0.25) is 0 Å². The zero-order valence-electron chi connectivity index (χ0n) is 16.5. The highest BCUT2D eigenvalue weighted by molar-refractivity contribution is 5.85. The van der Waals surface area contributed by atoms with Crippen LogP contribution >= 0.6 is 0 Å². The van der Waals surface area contributed by atoms with E-state index in [4.69, 9.17) is 4.74 Å². The molecule has 0 bridgehead atoms. The monoisotopic (exact) mass is 367 g/mol. The van der Waals surface area contributed by atoms with E-state index in [1.807, 2.05) is 18.2 Å². The van der Waals surface area contributed by atoms with Gasteiger partial charge in [-0.1, -0.05) is 61.2 Å². The summed E-state index contributed by atoms with van der Waals surface area (Å²) in [6.45, 7) is 10.4. The highest BCUT2D eigenvalue weighted by atomic mass is 16.5. The zero-order valence-corrected chi connectivity index (χ0v) is 16.5. The van der Waals surface area contributed by atoms with Crippen LogP contribution in [0.25, 0.3) is 18.2 Å². The molecular formula is C26H25NO. The van der Waals surface area contributed by atoms with Crippen LogP contribution < -0.4 is 20.1 Å². The van der Waals surface area contributed by atoms with E-state index in [1.165, 1.54) is 16.8 Å². The second-order valence-corrected chi connectivity index (χ2v) is 6.94. The summed E-state index contributed by atoms with van der Waals surface area (Å²) < 4.78 is 6.30. The Balaban J connectivity index is 1.87. The quantitative estimate of drug-likeness (QED) is 0.632. The number of anilines is 1. The Hall–Kier alpha value is -3.26. The summed E-state index contributed by atoms with van der Waals surface area (Å²) in [7, 11) is 0. The standard InChI is InChI=1S/C26H25NO/c1-4-27(5-2)21-13-16-24-22(15-12-20-9-7-6-8-10-20)23-14-11-19(3)17-25(23)28-26(24)18-21/h6-18H,3-5H2,1-2H3/b15-12+. The molecule has 3 aromatic carbocycles. The fourth-order valence-electron chi connectivity index (χ4n) is 3.66. The number of hydrogen-bond donors (Lipinski definition) is 0. The van der Waals surface area contributed by atoms with Crippen molar-refractivity contribution in [2.45, 2.75) is 13.8 Å². The van der Waals surface area contributed by atoms with Gasteiger partial charge < -0.3 is 9.64 Å². The third-order valence-corrected chi connectivity index (χ3v) is 5.18. The van der Waals surface area contributed by atoms with Gasteiger partial charge in [-0.3, -0.25) is 0 Å². The van der Waals surface area contributed by atoms with Crippen molar-refractivity contribution >= 4 is 23.9 Å². The lowest BCUT2D eigenvalue weighted by Gasteiger charge is -2.25. The maximum Gasteiger partial charge on any atom is 0.137 e. The van der Waals surface area contributed by atoms with Crippen LogP contribution in [0.4, 0.5) is 5.69 Å². The van der Waals surface area contributed by atoms with Gasteiger partial charge in [-0.2, -0.15) is 0 Å². The first-order valence-electron chi connectivity index (χ1n) is 9.83. The Bertz CT molecular complexity index is 1120. The van der Waals surface area contributed by atoms with Gasteiger partial charge in [0.1, 0.15) is 11.5 Å². The molecule has 0 spiro atoms. The number of allylic oxidation sites excluding steroid dienone is 1. The normalized spacial score (nSPS) is 12.4. The van der Waals surface area contributed by atoms with Crippen LogP contribution in [-0.4, -0.2) is 13.1 Å². The van der Waals surface area contributed by atoms with Crippen LogP contribution in [0.2, 0.25) is 0 Å². The summed E-state index contributed by atoms with van der Waals surface area (Å²) in [5, 5.41) is 2.05. The van der Waals surface area contributed by atoms with Crippen molar-refractivity contribution in [3.8, 4) is 11.5 Å². The van der Waals surface area contributed by atoms with Crippen LogP contribution in [0.3, 0.4) is 0 Å². The topological polar surface area (TPSA) is 12.5 Å². The number of fused-ring (bicyclic) bond motifs is 2. The molecule has 2 heteroatoms. The zero-order chi connectivity index (χ0) is 19.5. The molecule has 4 rings (SSSR count). The van der Waals surface area contributed by atoms with Gasteiger partial charge in [0.05, 0.1) is 0 Å². The molecule has 0 fully saturated rings. The van der Waals surface area contributed by atoms with Crippen LogP contribution in [0.15, 0.2) is 72.8 Å². The molecule has 3 aromatic rings. The van der Waals surface area contributed by atoms with Crippen molar-refractivity contribution in [1.82, 2.24) is 0 Å². The molecule has 0 aromatic heterocycles. The highest BCUT2D eigenvalue weighted by Gasteiger charge is 2.18. The highest BCUT2D eigenvalue weighted by Crippen LogP contribution is 2.36. The molecule has 0 amide bonds. The molecule has 0 atom stereocenters. The summed E-state index contributed by atoms with van der Waals surface area (Å²) in [5.41, 5.74) is 4.65. The predicted octanol–water partition coefficient (Wildman–Crippen LogP) is 4.96. The van der Waals surface area contributed by atoms with Crippen molar-refractivity contribution in [2.24, 2.45) is 0 Å². The van der Waals surface area contributed by atoms with E-state index in [1.54, 1.807) is 0 Å². The molecule has 1 aliphatic rings. The molecule has 2 nitrogen and oxygen atoms in total. The summed E-state index contributed by atoms with van der Waals surface area (Å²) >= 11 is 0. The molecule has 28 heavy (non-hydrogen) atoms. The Labute approximate surface area is 166 Å². The number of hydrogen-bond acceptors (Lipinski definition) is 2. The van der Waals surface area contributed by atoms with Crippen molar-refractivity contribution in [3.63, 3.8) is 0 Å². The maximum absolute atomic E-state index is 6.30. The summed E-state index contributed by atoms with van der Waals surface area (Å²) in [6, 6.07) is 23.0. The maximum atomic E-state index is 6.30. The Morgan fingerprint density at radius 2 is 1.64 bits per heavy atom. The lowest BCUT2D eigenvalue weighted by atomic mass is 9.97. The second-order valence-electron chi connectivity index (χ2n) is 6.94. The third-order valence-electron chi connectivity index (χ3n) is 5.18. The van der Waals surface area contributed by atoms with E-state index >= 15 is 0 Å². The number of benzene rings is 3. The minimum Gasteiger partial charge on any atom is -0.456 e. The Morgan fingerprint density at radius 1 is 0.857 bits per heavy atom. The van der Waals surface area contributed by atoms with Gasteiger partial charge in [-0.05, 0) is 48.4 Å². The van der Waals surface area contributed by atoms with Crippen LogP contribution in [-0.2, 0) is 0 Å².